The first-order chi connectivity index (χ1) is 27.8. The molecule has 11 nitrogen and oxygen atoms in total. The summed E-state index contributed by atoms with van der Waals surface area (Å²) in [5, 5.41) is 11.4. The molecule has 0 aliphatic carbocycles. The first-order valence-corrected chi connectivity index (χ1v) is 19.2. The summed E-state index contributed by atoms with van der Waals surface area (Å²) in [7, 11) is 0. The van der Waals surface area contributed by atoms with Crippen molar-refractivity contribution in [2.75, 3.05) is 11.4 Å². The first kappa shape index (κ1) is 33.4. The van der Waals surface area contributed by atoms with Crippen molar-refractivity contribution in [1.29, 1.82) is 0 Å². The fraction of sp³-hybridized carbons (Fsp3) is 0.174. The summed E-state index contributed by atoms with van der Waals surface area (Å²) < 4.78 is 1.70. The molecule has 57 heavy (non-hydrogen) atoms. The number of anilines is 1. The lowest BCUT2D eigenvalue weighted by Crippen LogP contribution is -2.51. The Morgan fingerprint density at radius 1 is 0.772 bits per heavy atom. The van der Waals surface area contributed by atoms with Gasteiger partial charge in [-0.1, -0.05) is 78.9 Å². The summed E-state index contributed by atoms with van der Waals surface area (Å²) in [5.74, 6) is -1.11. The Morgan fingerprint density at radius 2 is 1.47 bits per heavy atom. The maximum absolute atomic E-state index is 14.5. The number of fused-ring (bicyclic) bond motifs is 13. The number of hydrogen-bond acceptors (Lipinski definition) is 8. The highest BCUT2D eigenvalue weighted by molar-refractivity contribution is 6.56. The molecule has 3 fully saturated rings. The number of nitrogens with zero attached hydrogens (tertiary/aromatic N) is 5. The summed E-state index contributed by atoms with van der Waals surface area (Å²) in [6.07, 6.45) is 1.77. The van der Waals surface area contributed by atoms with Gasteiger partial charge in [0.2, 0.25) is 17.6 Å². The lowest BCUT2D eigenvalue weighted by atomic mass is 9.75. The van der Waals surface area contributed by atoms with Gasteiger partial charge < -0.3 is 10.1 Å². The van der Waals surface area contributed by atoms with Gasteiger partial charge in [-0.05, 0) is 74.3 Å². The molecule has 0 radical (unpaired) electrons. The molecule has 278 valence electrons. The highest BCUT2D eigenvalue weighted by Gasteiger charge is 2.73. The van der Waals surface area contributed by atoms with Gasteiger partial charge in [0.25, 0.3) is 5.56 Å². The molecule has 1 spiro atoms. The van der Waals surface area contributed by atoms with E-state index in [0.717, 1.165) is 47.1 Å². The predicted molar refractivity (Wildman–Crippen MR) is 215 cm³/mol. The van der Waals surface area contributed by atoms with Gasteiger partial charge in [0.15, 0.2) is 5.88 Å². The average molecular weight is 751 g/mol. The number of aromatic nitrogens is 3. The number of aromatic amines is 1. The second kappa shape index (κ2) is 12.0. The highest BCUT2D eigenvalue weighted by Crippen LogP contribution is 2.62. The van der Waals surface area contributed by atoms with E-state index in [-0.39, 0.29) is 35.1 Å². The van der Waals surface area contributed by atoms with Gasteiger partial charge in [-0.25, -0.2) is 14.9 Å². The van der Waals surface area contributed by atoms with Crippen molar-refractivity contribution in [2.24, 2.45) is 16.8 Å². The van der Waals surface area contributed by atoms with E-state index in [1.165, 1.54) is 4.90 Å². The van der Waals surface area contributed by atoms with Crippen molar-refractivity contribution in [2.45, 2.75) is 31.3 Å². The molecule has 5 aromatic carbocycles. The molecular weight excluding hydrogens is 717 g/mol. The Hall–Kier alpha value is -6.98. The zero-order valence-corrected chi connectivity index (χ0v) is 30.7. The van der Waals surface area contributed by atoms with Crippen LogP contribution in [0.1, 0.15) is 45.7 Å². The van der Waals surface area contributed by atoms with Crippen LogP contribution in [0.4, 0.5) is 11.4 Å². The van der Waals surface area contributed by atoms with Crippen molar-refractivity contribution >= 4 is 56.5 Å². The minimum Gasteiger partial charge on any atom is -0.494 e. The van der Waals surface area contributed by atoms with Gasteiger partial charge in [0.1, 0.15) is 17.1 Å². The standard InChI is InChI=1S/C30H24N4O3.C16H10N2O2/c1-17-9-2-6-13-21(17)33-27(36)24-23-15-8-16-32(23)30(25(24)28(33)37)19-11-4-7-14-22(19)34-26(35)18-10-3-5-12-20(18)31-29(30)34;19-15-10-6-2-4-8-12(10)17-14(15)13-9-5-1-3-7-11(9)18-16(13)20/h2-7,9-14,23-25H,8,15-16H2,1H3;1-8,18,20H/t23?,24-,25+,30?;/m0./s1. The number of benzene rings is 5. The number of H-pyrrole nitrogens is 1. The van der Waals surface area contributed by atoms with Crippen LogP contribution in [0.25, 0.3) is 27.5 Å². The van der Waals surface area contributed by atoms with Crippen LogP contribution in [0.15, 0.2) is 131 Å². The molecule has 0 saturated carbocycles. The summed E-state index contributed by atoms with van der Waals surface area (Å²) in [6.45, 7) is 2.68. The number of aryl methyl sites for hydroxylation is 1. The highest BCUT2D eigenvalue weighted by atomic mass is 16.3. The Balaban J connectivity index is 0.000000158. The lowest BCUT2D eigenvalue weighted by Gasteiger charge is -2.38. The van der Waals surface area contributed by atoms with E-state index in [1.54, 1.807) is 22.8 Å². The molecule has 7 heterocycles. The van der Waals surface area contributed by atoms with Crippen LogP contribution in [-0.2, 0) is 15.1 Å². The number of amides is 2. The van der Waals surface area contributed by atoms with Crippen LogP contribution in [0.5, 0.6) is 5.88 Å². The van der Waals surface area contributed by atoms with Crippen LogP contribution in [0.3, 0.4) is 0 Å². The Morgan fingerprint density at radius 3 is 2.30 bits per heavy atom. The van der Waals surface area contributed by atoms with Gasteiger partial charge in [0.05, 0.1) is 45.4 Å². The second-order valence-corrected chi connectivity index (χ2v) is 15.3. The summed E-state index contributed by atoms with van der Waals surface area (Å²) in [4.78, 5) is 71.0. The van der Waals surface area contributed by atoms with Gasteiger partial charge in [-0.2, -0.15) is 0 Å². The van der Waals surface area contributed by atoms with E-state index >= 15 is 0 Å². The van der Waals surface area contributed by atoms with Crippen molar-refractivity contribution in [3.05, 3.63) is 160 Å². The predicted octanol–water partition coefficient (Wildman–Crippen LogP) is 6.73. The third kappa shape index (κ3) is 4.34. The number of aromatic hydroxyl groups is 1. The number of Topliss-reactive ketones (excluding diaryl/α,β-unsaturated/α-hetero) is 1. The molecule has 0 bridgehead atoms. The summed E-state index contributed by atoms with van der Waals surface area (Å²) in [6, 6.07) is 37.3. The second-order valence-electron chi connectivity index (χ2n) is 15.3. The number of imide groups is 1. The largest absolute Gasteiger partial charge is 0.494 e. The molecule has 2 N–H and O–H groups in total. The number of para-hydroxylation sites is 5. The van der Waals surface area contributed by atoms with Crippen LogP contribution >= 0.6 is 0 Å². The third-order valence-electron chi connectivity index (χ3n) is 12.5. The van der Waals surface area contributed by atoms with Crippen molar-refractivity contribution in [3.63, 3.8) is 0 Å². The van der Waals surface area contributed by atoms with Crippen LogP contribution in [-0.4, -0.2) is 60.4 Å². The molecule has 3 saturated heterocycles. The van der Waals surface area contributed by atoms with Gasteiger partial charge in [-0.3, -0.25) is 28.6 Å². The maximum Gasteiger partial charge on any atom is 0.266 e. The van der Waals surface area contributed by atoms with Crippen molar-refractivity contribution in [3.8, 4) is 11.6 Å². The molecular formula is C46H34N6O5. The number of nitrogens with one attached hydrogen (secondary N) is 1. The monoisotopic (exact) mass is 750 g/mol. The van der Waals surface area contributed by atoms with Crippen molar-refractivity contribution in [1.82, 2.24) is 19.4 Å². The minimum absolute atomic E-state index is 0.0221. The van der Waals surface area contributed by atoms with E-state index in [4.69, 9.17) is 4.98 Å². The average Bonchev–Trinajstić information content (AvgIpc) is 4.06. The molecule has 12 rings (SSSR count). The number of carbonyl (C=O) groups excluding carboxylic acids is 3. The molecule has 2 amide bonds. The summed E-state index contributed by atoms with van der Waals surface area (Å²) in [5.41, 5.74) is 5.43. The minimum atomic E-state index is -0.976. The van der Waals surface area contributed by atoms with E-state index in [0.29, 0.717) is 44.9 Å². The third-order valence-corrected chi connectivity index (χ3v) is 12.5. The van der Waals surface area contributed by atoms with E-state index in [9.17, 15) is 24.3 Å². The van der Waals surface area contributed by atoms with Crippen LogP contribution < -0.4 is 10.5 Å². The topological polar surface area (TPSA) is 141 Å². The van der Waals surface area contributed by atoms with E-state index < -0.39 is 17.4 Å². The Labute approximate surface area is 325 Å². The lowest BCUT2D eigenvalue weighted by molar-refractivity contribution is -0.124. The Bertz CT molecular complexity index is 3020. The zero-order chi connectivity index (χ0) is 38.7. The van der Waals surface area contributed by atoms with Crippen LogP contribution in [0, 0.1) is 18.8 Å². The summed E-state index contributed by atoms with van der Waals surface area (Å²) >= 11 is 0. The van der Waals surface area contributed by atoms with Crippen LogP contribution in [0.2, 0.25) is 0 Å². The maximum atomic E-state index is 14.5. The smallest absolute Gasteiger partial charge is 0.266 e. The number of hydrogen-bond donors (Lipinski definition) is 2. The molecule has 7 aromatic rings. The quantitative estimate of drug-likeness (QED) is 0.187. The number of rotatable bonds is 2. The number of carbonyl (C=O) groups is 3. The number of aliphatic imine (C=N–C) groups is 1. The van der Waals surface area contributed by atoms with Crippen molar-refractivity contribution < 1.29 is 19.5 Å². The van der Waals surface area contributed by atoms with E-state index in [1.807, 2.05) is 110 Å². The van der Waals surface area contributed by atoms with Gasteiger partial charge in [0, 0.05) is 28.1 Å². The molecule has 4 atom stereocenters. The molecule has 2 unspecified atom stereocenters. The molecule has 5 aliphatic heterocycles. The van der Waals surface area contributed by atoms with Gasteiger partial charge in [-0.15, -0.1) is 0 Å². The first-order valence-electron chi connectivity index (χ1n) is 19.2. The fourth-order valence-corrected chi connectivity index (χ4v) is 10.3. The molecule has 11 heteroatoms. The van der Waals surface area contributed by atoms with E-state index in [2.05, 4.69) is 14.9 Å². The number of ketones is 1. The zero-order valence-electron chi connectivity index (χ0n) is 30.7. The Kier molecular flexibility index (Phi) is 7.03. The fourth-order valence-electron chi connectivity index (χ4n) is 10.3. The normalized spacial score (nSPS) is 22.8. The SMILES string of the molecule is Cc1ccccc1N1C(=O)[C@H]2C3CCCN3C3(c4ccccc4-n4c3nc3ccccc3c4=O)[C@H]2C1=O.O=C1C(c2c(O)[nH]c3ccccc23)=Nc2ccccc21. The van der Waals surface area contributed by atoms with Gasteiger partial charge >= 0.3 is 0 Å². The molecule has 2 aromatic heterocycles. The molecule has 5 aliphatic rings.